The highest BCUT2D eigenvalue weighted by Gasteiger charge is 2.38. The van der Waals surface area contributed by atoms with Gasteiger partial charge in [-0.25, -0.2) is 4.98 Å². The summed E-state index contributed by atoms with van der Waals surface area (Å²) in [7, 11) is 1.68. The van der Waals surface area contributed by atoms with E-state index in [1.165, 1.54) is 6.07 Å². The molecule has 116 valence electrons. The third-order valence-electron chi connectivity index (χ3n) is 3.10. The summed E-state index contributed by atoms with van der Waals surface area (Å²) in [6, 6.07) is 1.54. The highest BCUT2D eigenvalue weighted by Crippen LogP contribution is 2.40. The molecule has 0 saturated heterocycles. The smallest absolute Gasteiger partial charge is 0.369 e. The van der Waals surface area contributed by atoms with E-state index in [1.54, 1.807) is 7.05 Å². The van der Waals surface area contributed by atoms with Crippen molar-refractivity contribution < 1.29 is 13.2 Å². The van der Waals surface area contributed by atoms with Gasteiger partial charge in [-0.05, 0) is 19.4 Å². The van der Waals surface area contributed by atoms with Gasteiger partial charge >= 0.3 is 6.18 Å². The number of thiophene rings is 1. The lowest BCUT2D eigenvalue weighted by Crippen LogP contribution is -2.16. The normalized spacial score (nSPS) is 13.4. The SMILES string of the molecule is CCCNc1nc(NC)nc2sc(C(C)C(F)(F)F)cc12. The first kappa shape index (κ1) is 15.8. The molecule has 0 saturated carbocycles. The van der Waals surface area contributed by atoms with E-state index in [4.69, 9.17) is 0 Å². The van der Waals surface area contributed by atoms with E-state index in [-0.39, 0.29) is 4.88 Å². The average Bonchev–Trinajstić information content (AvgIpc) is 2.86. The Morgan fingerprint density at radius 2 is 2.05 bits per heavy atom. The molecule has 2 N–H and O–H groups in total. The lowest BCUT2D eigenvalue weighted by molar-refractivity contribution is -0.145. The maximum atomic E-state index is 12.9. The zero-order valence-electron chi connectivity index (χ0n) is 12.0. The van der Waals surface area contributed by atoms with E-state index in [2.05, 4.69) is 20.6 Å². The molecule has 2 heterocycles. The second-order valence-electron chi connectivity index (χ2n) is 4.70. The Hall–Kier alpha value is -1.57. The van der Waals surface area contributed by atoms with Gasteiger partial charge in [0.15, 0.2) is 0 Å². The van der Waals surface area contributed by atoms with E-state index in [9.17, 15) is 13.2 Å². The molecule has 8 heteroatoms. The van der Waals surface area contributed by atoms with Crippen molar-refractivity contribution in [2.45, 2.75) is 32.4 Å². The average molecular weight is 318 g/mol. The lowest BCUT2D eigenvalue weighted by Gasteiger charge is -2.12. The maximum absolute atomic E-state index is 12.9. The number of alkyl halides is 3. The molecule has 0 spiro atoms. The highest BCUT2D eigenvalue weighted by molar-refractivity contribution is 7.18. The van der Waals surface area contributed by atoms with Gasteiger partial charge < -0.3 is 10.6 Å². The third kappa shape index (κ3) is 3.37. The van der Waals surface area contributed by atoms with Crippen molar-refractivity contribution in [2.75, 3.05) is 24.2 Å². The quantitative estimate of drug-likeness (QED) is 0.866. The van der Waals surface area contributed by atoms with Crippen LogP contribution in [0.15, 0.2) is 6.07 Å². The van der Waals surface area contributed by atoms with Crippen molar-refractivity contribution in [1.82, 2.24) is 9.97 Å². The summed E-state index contributed by atoms with van der Waals surface area (Å²) in [4.78, 5) is 9.32. The van der Waals surface area contributed by atoms with E-state index >= 15 is 0 Å². The van der Waals surface area contributed by atoms with Gasteiger partial charge in [-0.15, -0.1) is 11.3 Å². The van der Waals surface area contributed by atoms with Crippen LogP contribution in [0.1, 0.15) is 31.1 Å². The van der Waals surface area contributed by atoms with Crippen molar-refractivity contribution in [2.24, 2.45) is 0 Å². The standard InChI is InChI=1S/C13H17F3N4S/c1-4-5-18-10-8-6-9(7(2)13(14,15)16)21-11(8)20-12(17-3)19-10/h6-7H,4-5H2,1-3H3,(H2,17,18,19,20). The Bertz CT molecular complexity index is 624. The summed E-state index contributed by atoms with van der Waals surface area (Å²) in [5.74, 6) is -0.536. The van der Waals surface area contributed by atoms with E-state index in [1.807, 2.05) is 6.92 Å². The Morgan fingerprint density at radius 3 is 2.62 bits per heavy atom. The number of nitrogens with zero attached hydrogens (tertiary/aromatic N) is 2. The van der Waals surface area contributed by atoms with Crippen molar-refractivity contribution in [3.63, 3.8) is 0 Å². The number of rotatable bonds is 5. The van der Waals surface area contributed by atoms with E-state index in [0.717, 1.165) is 24.7 Å². The van der Waals surface area contributed by atoms with Crippen LogP contribution in [0.5, 0.6) is 0 Å². The third-order valence-corrected chi connectivity index (χ3v) is 4.31. The Balaban J connectivity index is 2.49. The maximum Gasteiger partial charge on any atom is 0.396 e. The largest absolute Gasteiger partial charge is 0.396 e. The molecule has 0 aromatic carbocycles. The van der Waals surface area contributed by atoms with Crippen LogP contribution in [-0.4, -0.2) is 29.7 Å². The van der Waals surface area contributed by atoms with Gasteiger partial charge in [-0.2, -0.15) is 18.2 Å². The first-order valence-electron chi connectivity index (χ1n) is 6.66. The van der Waals surface area contributed by atoms with Crippen LogP contribution in [0, 0.1) is 0 Å². The number of nitrogens with one attached hydrogen (secondary N) is 2. The fourth-order valence-electron chi connectivity index (χ4n) is 1.80. The van der Waals surface area contributed by atoms with Gasteiger partial charge in [0.1, 0.15) is 10.6 Å². The van der Waals surface area contributed by atoms with Crippen molar-refractivity contribution in [3.8, 4) is 0 Å². The monoisotopic (exact) mass is 318 g/mol. The lowest BCUT2D eigenvalue weighted by atomic mass is 10.1. The minimum absolute atomic E-state index is 0.250. The predicted octanol–water partition coefficient (Wildman–Crippen LogP) is 4.22. The van der Waals surface area contributed by atoms with Gasteiger partial charge in [-0.1, -0.05) is 6.92 Å². The molecule has 4 nitrogen and oxygen atoms in total. The topological polar surface area (TPSA) is 49.8 Å². The van der Waals surface area contributed by atoms with Crippen LogP contribution < -0.4 is 10.6 Å². The zero-order chi connectivity index (χ0) is 15.6. The van der Waals surface area contributed by atoms with Crippen LogP contribution in [-0.2, 0) is 0 Å². The van der Waals surface area contributed by atoms with Crippen LogP contribution >= 0.6 is 11.3 Å². The molecule has 2 rings (SSSR count). The van der Waals surface area contributed by atoms with E-state index < -0.39 is 12.1 Å². The summed E-state index contributed by atoms with van der Waals surface area (Å²) in [6.45, 7) is 3.88. The summed E-state index contributed by atoms with van der Waals surface area (Å²) >= 11 is 1.06. The molecular weight excluding hydrogens is 301 g/mol. The number of hydrogen-bond acceptors (Lipinski definition) is 5. The first-order chi connectivity index (χ1) is 9.86. The van der Waals surface area contributed by atoms with Crippen LogP contribution in [0.4, 0.5) is 24.9 Å². The molecule has 21 heavy (non-hydrogen) atoms. The van der Waals surface area contributed by atoms with Crippen LogP contribution in [0.3, 0.4) is 0 Å². The molecule has 1 atom stereocenters. The second-order valence-corrected chi connectivity index (χ2v) is 5.77. The highest BCUT2D eigenvalue weighted by atomic mass is 32.1. The minimum Gasteiger partial charge on any atom is -0.369 e. The molecule has 0 aliphatic carbocycles. The second kappa shape index (κ2) is 6.05. The minimum atomic E-state index is -4.25. The fraction of sp³-hybridized carbons (Fsp3) is 0.538. The van der Waals surface area contributed by atoms with Crippen LogP contribution in [0.2, 0.25) is 0 Å². The Labute approximate surface area is 124 Å². The number of aromatic nitrogens is 2. The Kier molecular flexibility index (Phi) is 4.55. The van der Waals surface area contributed by atoms with Crippen molar-refractivity contribution >= 4 is 33.3 Å². The van der Waals surface area contributed by atoms with Crippen molar-refractivity contribution in [1.29, 1.82) is 0 Å². The van der Waals surface area contributed by atoms with Crippen LogP contribution in [0.25, 0.3) is 10.2 Å². The molecule has 2 aromatic rings. The molecule has 0 fully saturated rings. The summed E-state index contributed by atoms with van der Waals surface area (Å²) in [5, 5.41) is 6.60. The van der Waals surface area contributed by atoms with E-state index in [0.29, 0.717) is 28.5 Å². The number of fused-ring (bicyclic) bond motifs is 1. The first-order valence-corrected chi connectivity index (χ1v) is 7.48. The summed E-state index contributed by atoms with van der Waals surface area (Å²) in [6.07, 6.45) is -3.35. The van der Waals surface area contributed by atoms with Gasteiger partial charge in [0.2, 0.25) is 5.95 Å². The summed E-state index contributed by atoms with van der Waals surface area (Å²) < 4.78 is 38.6. The fourth-order valence-corrected chi connectivity index (χ4v) is 2.91. The Morgan fingerprint density at radius 1 is 1.33 bits per heavy atom. The summed E-state index contributed by atoms with van der Waals surface area (Å²) in [5.41, 5.74) is 0. The van der Waals surface area contributed by atoms with Gasteiger partial charge in [0.05, 0.1) is 11.3 Å². The van der Waals surface area contributed by atoms with Crippen molar-refractivity contribution in [3.05, 3.63) is 10.9 Å². The van der Waals surface area contributed by atoms with Gasteiger partial charge in [0, 0.05) is 18.5 Å². The number of halogens is 3. The van der Waals surface area contributed by atoms with Gasteiger partial charge in [-0.3, -0.25) is 0 Å². The molecule has 1 unspecified atom stereocenters. The van der Waals surface area contributed by atoms with Gasteiger partial charge in [0.25, 0.3) is 0 Å². The molecule has 0 amide bonds. The molecule has 0 radical (unpaired) electrons. The zero-order valence-corrected chi connectivity index (χ0v) is 12.8. The molecule has 0 bridgehead atoms. The molecule has 0 aliphatic rings. The molecule has 2 aromatic heterocycles. The molecule has 0 aliphatic heterocycles. The number of hydrogen-bond donors (Lipinski definition) is 2. The predicted molar refractivity (Wildman–Crippen MR) is 80.2 cm³/mol. The molecular formula is C13H17F3N4S. The number of anilines is 2.